The fraction of sp³-hybridized carbons (Fsp3) is 1.00. The molecule has 1 N–H and O–H groups in total. The van der Waals surface area contributed by atoms with Crippen molar-refractivity contribution in [1.29, 1.82) is 0 Å². The molecule has 0 amide bonds. The van der Waals surface area contributed by atoms with Crippen molar-refractivity contribution < 1.29 is 0 Å². The lowest BCUT2D eigenvalue weighted by Gasteiger charge is -2.25. The van der Waals surface area contributed by atoms with Crippen LogP contribution >= 0.6 is 0 Å². The van der Waals surface area contributed by atoms with Crippen LogP contribution in [0.25, 0.3) is 0 Å². The van der Waals surface area contributed by atoms with E-state index in [0.717, 1.165) is 24.4 Å². The van der Waals surface area contributed by atoms with Crippen molar-refractivity contribution in [3.8, 4) is 0 Å². The highest BCUT2D eigenvalue weighted by atomic mass is 14.9. The van der Waals surface area contributed by atoms with E-state index in [4.69, 9.17) is 0 Å². The van der Waals surface area contributed by atoms with Crippen molar-refractivity contribution in [3.63, 3.8) is 0 Å². The first-order valence-corrected chi connectivity index (χ1v) is 6.47. The van der Waals surface area contributed by atoms with Gasteiger partial charge in [-0.2, -0.15) is 0 Å². The molecule has 1 atom stereocenters. The highest BCUT2D eigenvalue weighted by molar-refractivity contribution is 4.80. The van der Waals surface area contributed by atoms with Crippen LogP contribution in [0.2, 0.25) is 0 Å². The third-order valence-corrected chi connectivity index (χ3v) is 3.49. The van der Waals surface area contributed by atoms with Gasteiger partial charge in [0, 0.05) is 6.04 Å². The van der Waals surface area contributed by atoms with Crippen LogP contribution in [0.5, 0.6) is 0 Å². The predicted octanol–water partition coefficient (Wildman–Crippen LogP) is 3.59. The summed E-state index contributed by atoms with van der Waals surface area (Å²) in [5.41, 5.74) is 0. The molecule has 0 aromatic heterocycles. The van der Waals surface area contributed by atoms with Crippen molar-refractivity contribution in [2.24, 2.45) is 11.8 Å². The molecule has 0 aromatic rings. The Morgan fingerprint density at radius 2 is 1.79 bits per heavy atom. The average Bonchev–Trinajstić information content (AvgIpc) is 2.64. The fourth-order valence-electron chi connectivity index (χ4n) is 2.64. The molecule has 0 aromatic carbocycles. The summed E-state index contributed by atoms with van der Waals surface area (Å²) in [6.45, 7) is 8.03. The molecule has 0 saturated heterocycles. The maximum Gasteiger partial charge on any atom is 0.00953 e. The second-order valence-corrected chi connectivity index (χ2v) is 5.18. The Morgan fingerprint density at radius 3 is 2.29 bits per heavy atom. The molecule has 1 aliphatic rings. The van der Waals surface area contributed by atoms with Crippen molar-refractivity contribution in [3.05, 3.63) is 0 Å². The van der Waals surface area contributed by atoms with E-state index in [2.05, 4.69) is 26.1 Å². The molecule has 14 heavy (non-hydrogen) atoms. The van der Waals surface area contributed by atoms with Gasteiger partial charge in [0.05, 0.1) is 0 Å². The molecular weight excluding hydrogens is 170 g/mol. The summed E-state index contributed by atoms with van der Waals surface area (Å²) in [5, 5.41) is 3.68. The van der Waals surface area contributed by atoms with Gasteiger partial charge in [0.2, 0.25) is 0 Å². The molecule has 1 heteroatoms. The lowest BCUT2D eigenvalue weighted by molar-refractivity contribution is 0.325. The van der Waals surface area contributed by atoms with Gasteiger partial charge in [-0.05, 0) is 44.1 Å². The van der Waals surface area contributed by atoms with Crippen molar-refractivity contribution >= 4 is 0 Å². The number of rotatable bonds is 6. The Labute approximate surface area is 89.7 Å². The Balaban J connectivity index is 2.29. The molecule has 0 spiro atoms. The van der Waals surface area contributed by atoms with E-state index in [1.165, 1.54) is 38.5 Å². The first-order chi connectivity index (χ1) is 6.74. The summed E-state index contributed by atoms with van der Waals surface area (Å²) < 4.78 is 0. The van der Waals surface area contributed by atoms with Crippen LogP contribution < -0.4 is 5.32 Å². The van der Waals surface area contributed by atoms with E-state index in [1.807, 2.05) is 0 Å². The van der Waals surface area contributed by atoms with Crippen LogP contribution in [-0.2, 0) is 0 Å². The fourth-order valence-corrected chi connectivity index (χ4v) is 2.64. The average molecular weight is 197 g/mol. The van der Waals surface area contributed by atoms with Crippen molar-refractivity contribution in [1.82, 2.24) is 5.32 Å². The Hall–Kier alpha value is -0.0400. The smallest absolute Gasteiger partial charge is 0.00953 e. The lowest BCUT2D eigenvalue weighted by atomic mass is 9.91. The maximum absolute atomic E-state index is 3.68. The first kappa shape index (κ1) is 12.0. The molecule has 0 bridgehead atoms. The maximum atomic E-state index is 3.68. The zero-order chi connectivity index (χ0) is 10.4. The number of hydrogen-bond acceptors (Lipinski definition) is 1. The van der Waals surface area contributed by atoms with Gasteiger partial charge in [0.25, 0.3) is 0 Å². The van der Waals surface area contributed by atoms with Crippen LogP contribution in [-0.4, -0.2) is 12.6 Å². The molecule has 0 heterocycles. The van der Waals surface area contributed by atoms with Crippen LogP contribution in [0.3, 0.4) is 0 Å². The minimum Gasteiger partial charge on any atom is -0.314 e. The SMILES string of the molecule is CCNC(CCC(C)C)C1CCCC1. The highest BCUT2D eigenvalue weighted by Crippen LogP contribution is 2.30. The van der Waals surface area contributed by atoms with Crippen molar-refractivity contribution in [2.45, 2.75) is 65.3 Å². The molecule has 84 valence electrons. The summed E-state index contributed by atoms with van der Waals surface area (Å²) in [5.74, 6) is 1.84. The molecule has 1 saturated carbocycles. The summed E-state index contributed by atoms with van der Waals surface area (Å²) >= 11 is 0. The van der Waals surface area contributed by atoms with Crippen LogP contribution in [0.1, 0.15) is 59.3 Å². The summed E-state index contributed by atoms with van der Waals surface area (Å²) in [7, 11) is 0. The van der Waals surface area contributed by atoms with Crippen LogP contribution in [0, 0.1) is 11.8 Å². The molecular formula is C13H27N. The third-order valence-electron chi connectivity index (χ3n) is 3.49. The Kier molecular flexibility index (Phi) is 5.54. The van der Waals surface area contributed by atoms with Gasteiger partial charge < -0.3 is 5.32 Å². The molecule has 0 radical (unpaired) electrons. The van der Waals surface area contributed by atoms with E-state index >= 15 is 0 Å². The van der Waals surface area contributed by atoms with E-state index in [-0.39, 0.29) is 0 Å². The van der Waals surface area contributed by atoms with Crippen LogP contribution in [0.15, 0.2) is 0 Å². The van der Waals surface area contributed by atoms with Gasteiger partial charge in [-0.15, -0.1) is 0 Å². The summed E-state index contributed by atoms with van der Waals surface area (Å²) in [6, 6.07) is 0.810. The topological polar surface area (TPSA) is 12.0 Å². The van der Waals surface area contributed by atoms with E-state index < -0.39 is 0 Å². The van der Waals surface area contributed by atoms with Gasteiger partial charge in [-0.25, -0.2) is 0 Å². The zero-order valence-corrected chi connectivity index (χ0v) is 10.2. The second kappa shape index (κ2) is 6.44. The van der Waals surface area contributed by atoms with Crippen LogP contribution in [0.4, 0.5) is 0 Å². The summed E-state index contributed by atoms with van der Waals surface area (Å²) in [4.78, 5) is 0. The molecule has 1 aliphatic carbocycles. The molecule has 1 unspecified atom stereocenters. The quantitative estimate of drug-likeness (QED) is 0.686. The van der Waals surface area contributed by atoms with E-state index in [1.54, 1.807) is 0 Å². The largest absolute Gasteiger partial charge is 0.314 e. The summed E-state index contributed by atoms with van der Waals surface area (Å²) in [6.07, 6.45) is 8.64. The zero-order valence-electron chi connectivity index (χ0n) is 10.2. The van der Waals surface area contributed by atoms with Crippen molar-refractivity contribution in [2.75, 3.05) is 6.54 Å². The van der Waals surface area contributed by atoms with Gasteiger partial charge in [-0.1, -0.05) is 33.6 Å². The third kappa shape index (κ3) is 4.00. The second-order valence-electron chi connectivity index (χ2n) is 5.18. The van der Waals surface area contributed by atoms with E-state index in [9.17, 15) is 0 Å². The Bertz CT molecular complexity index is 136. The molecule has 0 aliphatic heterocycles. The Morgan fingerprint density at radius 1 is 1.14 bits per heavy atom. The molecule has 1 fully saturated rings. The van der Waals surface area contributed by atoms with Gasteiger partial charge in [0.15, 0.2) is 0 Å². The minimum atomic E-state index is 0.810. The normalized spacial score (nSPS) is 20.6. The first-order valence-electron chi connectivity index (χ1n) is 6.47. The standard InChI is InChI=1S/C13H27N/c1-4-14-13(10-9-11(2)3)12-7-5-6-8-12/h11-14H,4-10H2,1-3H3. The van der Waals surface area contributed by atoms with E-state index in [0.29, 0.717) is 0 Å². The molecule has 1 nitrogen and oxygen atoms in total. The monoisotopic (exact) mass is 197 g/mol. The number of hydrogen-bond donors (Lipinski definition) is 1. The number of nitrogens with one attached hydrogen (secondary N) is 1. The minimum absolute atomic E-state index is 0.810. The van der Waals surface area contributed by atoms with Gasteiger partial charge >= 0.3 is 0 Å². The van der Waals surface area contributed by atoms with Gasteiger partial charge in [-0.3, -0.25) is 0 Å². The predicted molar refractivity (Wildman–Crippen MR) is 63.5 cm³/mol. The highest BCUT2D eigenvalue weighted by Gasteiger charge is 2.23. The van der Waals surface area contributed by atoms with Gasteiger partial charge in [0.1, 0.15) is 0 Å². The molecule has 1 rings (SSSR count). The lowest BCUT2D eigenvalue weighted by Crippen LogP contribution is -2.35.